The Balaban J connectivity index is 1.97. The van der Waals surface area contributed by atoms with E-state index in [1.165, 1.54) is 32.1 Å². The molecule has 0 saturated heterocycles. The normalized spacial score (nSPS) is 16.0. The number of halogens is 1. The van der Waals surface area contributed by atoms with Gasteiger partial charge >= 0.3 is 6.09 Å². The van der Waals surface area contributed by atoms with E-state index >= 15 is 0 Å². The number of likely N-dealkylation sites (N-methyl/N-ethyl adjacent to an activating group) is 1. The topological polar surface area (TPSA) is 58.6 Å². The van der Waals surface area contributed by atoms with Crippen LogP contribution in [-0.2, 0) is 4.74 Å². The van der Waals surface area contributed by atoms with Gasteiger partial charge in [0.2, 0.25) is 0 Å². The summed E-state index contributed by atoms with van der Waals surface area (Å²) in [7, 11) is 0.519. The Bertz CT molecular complexity index is 702. The summed E-state index contributed by atoms with van der Waals surface area (Å²) in [6.45, 7) is 7.73. The second-order valence-electron chi connectivity index (χ2n) is 9.73. The van der Waals surface area contributed by atoms with Crippen LogP contribution in [0.4, 0.5) is 4.79 Å². The fourth-order valence-corrected chi connectivity index (χ4v) is 4.98. The van der Waals surface area contributed by atoms with E-state index in [0.717, 1.165) is 16.9 Å². The maximum atomic E-state index is 12.8. The molecule has 0 radical (unpaired) electrons. The van der Waals surface area contributed by atoms with E-state index in [-0.39, 0.29) is 18.0 Å². The Morgan fingerprint density at radius 2 is 1.93 bits per heavy atom. The van der Waals surface area contributed by atoms with Crippen LogP contribution in [0.2, 0.25) is 25.7 Å². The van der Waals surface area contributed by atoms with Gasteiger partial charge in [-0.1, -0.05) is 73.7 Å². The van der Waals surface area contributed by atoms with Gasteiger partial charge in [0.05, 0.1) is 6.61 Å². The number of carbonyl (C=O) groups is 2. The van der Waals surface area contributed by atoms with Gasteiger partial charge in [0.1, 0.15) is 0 Å². The molecule has 30 heavy (non-hydrogen) atoms. The van der Waals surface area contributed by atoms with Gasteiger partial charge in [-0.3, -0.25) is 4.79 Å². The van der Waals surface area contributed by atoms with E-state index in [9.17, 15) is 9.59 Å². The summed E-state index contributed by atoms with van der Waals surface area (Å²) in [6.07, 6.45) is 6.80. The number of hydrogen-bond donors (Lipinski definition) is 1. The number of benzene rings is 1. The zero-order valence-electron chi connectivity index (χ0n) is 18.9. The predicted octanol–water partition coefficient (Wildman–Crippen LogP) is 5.92. The highest BCUT2D eigenvalue weighted by Crippen LogP contribution is 2.27. The van der Waals surface area contributed by atoms with Crippen LogP contribution in [-0.4, -0.2) is 51.2 Å². The number of ether oxygens (including phenoxy) is 1. The number of nitrogens with zero attached hydrogens (tertiary/aromatic N) is 1. The molecule has 0 bridgehead atoms. The fourth-order valence-electron chi connectivity index (χ4n) is 3.86. The van der Waals surface area contributed by atoms with Gasteiger partial charge in [-0.2, -0.15) is 0 Å². The highest BCUT2D eigenvalue weighted by molar-refractivity contribution is 9.10. The molecular formula is C23H37BrN2O3Si. The minimum Gasteiger partial charge on any atom is -0.450 e. The van der Waals surface area contributed by atoms with Gasteiger partial charge in [-0.25, -0.2) is 4.79 Å². The third-order valence-corrected chi connectivity index (χ3v) is 7.85. The molecule has 1 aromatic rings. The Hall–Kier alpha value is -1.34. The van der Waals surface area contributed by atoms with Crippen molar-refractivity contribution in [2.75, 3.05) is 20.2 Å². The van der Waals surface area contributed by atoms with Gasteiger partial charge in [-0.15, -0.1) is 0 Å². The molecule has 1 fully saturated rings. The molecule has 168 valence electrons. The third kappa shape index (κ3) is 9.21. The molecule has 1 unspecified atom stereocenters. The highest BCUT2D eigenvalue weighted by atomic mass is 79.9. The van der Waals surface area contributed by atoms with Crippen LogP contribution in [0.15, 0.2) is 28.7 Å². The molecule has 1 saturated carbocycles. The average molecular weight is 498 g/mol. The maximum Gasteiger partial charge on any atom is 0.409 e. The number of rotatable bonds is 9. The van der Waals surface area contributed by atoms with E-state index in [1.807, 2.05) is 24.3 Å². The molecule has 1 aromatic carbocycles. The molecule has 1 aliphatic rings. The van der Waals surface area contributed by atoms with Crippen molar-refractivity contribution in [2.45, 2.75) is 70.3 Å². The van der Waals surface area contributed by atoms with Gasteiger partial charge in [0.25, 0.3) is 5.91 Å². The van der Waals surface area contributed by atoms with E-state index in [4.69, 9.17) is 4.74 Å². The summed E-state index contributed by atoms with van der Waals surface area (Å²) in [5.41, 5.74) is 0.624. The van der Waals surface area contributed by atoms with Crippen LogP contribution in [0, 0.1) is 5.92 Å². The first kappa shape index (κ1) is 24.9. The van der Waals surface area contributed by atoms with Gasteiger partial charge < -0.3 is 15.0 Å². The quantitative estimate of drug-likeness (QED) is 0.431. The number of nitrogens with one attached hydrogen (secondary N) is 1. The minimum absolute atomic E-state index is 0.0888. The first-order valence-corrected chi connectivity index (χ1v) is 15.6. The number of hydrogen-bond acceptors (Lipinski definition) is 3. The second-order valence-corrected chi connectivity index (χ2v) is 16.3. The molecule has 0 aromatic heterocycles. The zero-order chi connectivity index (χ0) is 22.1. The van der Waals surface area contributed by atoms with Crippen molar-refractivity contribution in [1.82, 2.24) is 10.2 Å². The lowest BCUT2D eigenvalue weighted by atomic mass is 9.84. The molecule has 7 heteroatoms. The summed E-state index contributed by atoms with van der Waals surface area (Å²) >= 11 is 3.43. The van der Waals surface area contributed by atoms with Gasteiger partial charge in [-0.05, 0) is 36.6 Å². The summed E-state index contributed by atoms with van der Waals surface area (Å²) in [5, 5.41) is 3.17. The van der Waals surface area contributed by atoms with E-state index in [1.54, 1.807) is 11.9 Å². The standard InChI is InChI=1S/C23H37BrN2O3Si/c1-26(23(28)29-13-14-30(2,3)4)17-21(15-18-9-6-5-7-10-18)25-22(27)19-11-8-12-20(24)16-19/h8,11-12,16,18,21H,5-7,9-10,13-15,17H2,1-4H3,(H,25,27). The summed E-state index contributed by atoms with van der Waals surface area (Å²) in [5.74, 6) is 0.500. The van der Waals surface area contributed by atoms with Crippen LogP contribution < -0.4 is 5.32 Å². The molecule has 0 heterocycles. The van der Waals surface area contributed by atoms with Crippen molar-refractivity contribution in [3.05, 3.63) is 34.3 Å². The van der Waals surface area contributed by atoms with E-state index in [0.29, 0.717) is 24.6 Å². The third-order valence-electron chi connectivity index (χ3n) is 5.65. The SMILES string of the molecule is CN(CC(CC1CCCCC1)NC(=O)c1cccc(Br)c1)C(=O)OCC[Si](C)(C)C. The monoisotopic (exact) mass is 496 g/mol. The Morgan fingerprint density at radius 3 is 2.57 bits per heavy atom. The zero-order valence-corrected chi connectivity index (χ0v) is 21.5. The van der Waals surface area contributed by atoms with Crippen molar-refractivity contribution < 1.29 is 14.3 Å². The number of amides is 2. The van der Waals surface area contributed by atoms with Crippen LogP contribution in [0.3, 0.4) is 0 Å². The van der Waals surface area contributed by atoms with Gasteiger partial charge in [0, 0.05) is 37.7 Å². The molecule has 0 spiro atoms. The molecule has 1 aliphatic carbocycles. The van der Waals surface area contributed by atoms with Crippen LogP contribution in [0.1, 0.15) is 48.9 Å². The lowest BCUT2D eigenvalue weighted by molar-refractivity contribution is 0.0889. The molecule has 2 amide bonds. The Labute approximate surface area is 191 Å². The molecule has 5 nitrogen and oxygen atoms in total. The van der Waals surface area contributed by atoms with Crippen molar-refractivity contribution in [1.29, 1.82) is 0 Å². The summed E-state index contributed by atoms with van der Waals surface area (Å²) in [4.78, 5) is 26.9. The molecule has 1 N–H and O–H groups in total. The van der Waals surface area contributed by atoms with Crippen molar-refractivity contribution >= 4 is 36.0 Å². The second kappa shape index (κ2) is 11.9. The van der Waals surface area contributed by atoms with Gasteiger partial charge in [0.15, 0.2) is 0 Å². The average Bonchev–Trinajstić information content (AvgIpc) is 2.67. The summed E-state index contributed by atoms with van der Waals surface area (Å²) < 4.78 is 6.36. The maximum absolute atomic E-state index is 12.8. The van der Waals surface area contributed by atoms with E-state index < -0.39 is 8.07 Å². The molecule has 2 rings (SSSR count). The smallest absolute Gasteiger partial charge is 0.409 e. The van der Waals surface area contributed by atoms with Crippen LogP contribution in [0.25, 0.3) is 0 Å². The number of carbonyl (C=O) groups excluding carboxylic acids is 2. The molecular weight excluding hydrogens is 460 g/mol. The van der Waals surface area contributed by atoms with Crippen LogP contribution >= 0.6 is 15.9 Å². The Kier molecular flexibility index (Phi) is 9.88. The van der Waals surface area contributed by atoms with E-state index in [2.05, 4.69) is 40.9 Å². The lowest BCUT2D eigenvalue weighted by Crippen LogP contribution is -2.45. The molecule has 1 atom stereocenters. The summed E-state index contributed by atoms with van der Waals surface area (Å²) in [6, 6.07) is 8.26. The minimum atomic E-state index is -1.24. The van der Waals surface area contributed by atoms with Crippen molar-refractivity contribution in [3.63, 3.8) is 0 Å². The highest BCUT2D eigenvalue weighted by Gasteiger charge is 2.24. The largest absolute Gasteiger partial charge is 0.450 e. The van der Waals surface area contributed by atoms with Crippen molar-refractivity contribution in [3.8, 4) is 0 Å². The van der Waals surface area contributed by atoms with Crippen LogP contribution in [0.5, 0.6) is 0 Å². The fraction of sp³-hybridized carbons (Fsp3) is 0.652. The lowest BCUT2D eigenvalue weighted by Gasteiger charge is -2.30. The Morgan fingerprint density at radius 1 is 1.23 bits per heavy atom. The first-order chi connectivity index (χ1) is 14.1. The molecule has 0 aliphatic heterocycles. The first-order valence-electron chi connectivity index (χ1n) is 11.1. The predicted molar refractivity (Wildman–Crippen MR) is 129 cm³/mol. The van der Waals surface area contributed by atoms with Crippen molar-refractivity contribution in [2.24, 2.45) is 5.92 Å².